The molecule has 220 valence electrons. The predicted octanol–water partition coefficient (Wildman–Crippen LogP) is 2.69. The van der Waals surface area contributed by atoms with Gasteiger partial charge in [-0.15, -0.1) is 13.2 Å². The second-order valence-electron chi connectivity index (χ2n) is 9.24. The first-order chi connectivity index (χ1) is 19.3. The minimum absolute atomic E-state index is 0.214. The van der Waals surface area contributed by atoms with Gasteiger partial charge in [0.2, 0.25) is 10.0 Å². The molecule has 16 heteroatoms. The standard InChI is InChI=1S/C25H25F3N4O7S2/c1-29-41(36,37)31-14-18(30-40(34,35)17-12-10-16(11-13-17)39-25(26,27)28)24(33)21(15-31)32-19-6-2-4-8-22(19)38-23-9-5-3-7-20(23)32/h2-13,18,21,24,29-30,33H,14-15H2,1H3/t18-,21+,24+/m1/s1. The molecule has 0 radical (unpaired) electrons. The van der Waals surface area contributed by atoms with Crippen molar-refractivity contribution >= 4 is 31.6 Å². The molecule has 0 unspecified atom stereocenters. The third kappa shape index (κ3) is 5.98. The number of aliphatic hydroxyl groups is 1. The maximum absolute atomic E-state index is 13.2. The van der Waals surface area contributed by atoms with Crippen LogP contribution in [0.3, 0.4) is 0 Å². The Bertz CT molecular complexity index is 1590. The van der Waals surface area contributed by atoms with Crippen LogP contribution >= 0.6 is 0 Å². The van der Waals surface area contributed by atoms with Crippen molar-refractivity contribution in [1.82, 2.24) is 13.7 Å². The van der Waals surface area contributed by atoms with Crippen molar-refractivity contribution < 1.29 is 44.6 Å². The molecule has 0 spiro atoms. The fourth-order valence-corrected chi connectivity index (χ4v) is 7.04. The Hall–Kier alpha value is -3.41. The summed E-state index contributed by atoms with van der Waals surface area (Å²) in [6.07, 6.45) is -6.40. The van der Waals surface area contributed by atoms with Crippen molar-refractivity contribution in [1.29, 1.82) is 0 Å². The number of rotatable bonds is 7. The third-order valence-electron chi connectivity index (χ3n) is 6.67. The Morgan fingerprint density at radius 1 is 0.902 bits per heavy atom. The number of piperidine rings is 1. The number of benzene rings is 3. The summed E-state index contributed by atoms with van der Waals surface area (Å²) in [4.78, 5) is 1.30. The van der Waals surface area contributed by atoms with Crippen molar-refractivity contribution in [2.24, 2.45) is 0 Å². The average molecular weight is 615 g/mol. The zero-order valence-electron chi connectivity index (χ0n) is 21.3. The van der Waals surface area contributed by atoms with Gasteiger partial charge in [-0.3, -0.25) is 0 Å². The molecular formula is C25H25F3N4O7S2. The predicted molar refractivity (Wildman–Crippen MR) is 142 cm³/mol. The van der Waals surface area contributed by atoms with E-state index in [1.165, 1.54) is 7.05 Å². The van der Waals surface area contributed by atoms with E-state index in [0.29, 0.717) is 22.9 Å². The van der Waals surface area contributed by atoms with Gasteiger partial charge in [-0.05, 0) is 48.5 Å². The molecule has 1 fully saturated rings. The van der Waals surface area contributed by atoms with Crippen LogP contribution in [-0.2, 0) is 20.2 Å². The smallest absolute Gasteiger partial charge is 0.453 e. The van der Waals surface area contributed by atoms with Gasteiger partial charge in [-0.2, -0.15) is 12.7 Å². The highest BCUT2D eigenvalue weighted by molar-refractivity contribution is 7.89. The Kier molecular flexibility index (Phi) is 7.65. The van der Waals surface area contributed by atoms with Crippen molar-refractivity contribution in [3.63, 3.8) is 0 Å². The largest absolute Gasteiger partial charge is 0.573 e. The normalized spacial score (nSPS) is 21.5. The van der Waals surface area contributed by atoms with Crippen LogP contribution in [0.15, 0.2) is 77.7 Å². The Morgan fingerprint density at radius 2 is 1.46 bits per heavy atom. The number of anilines is 2. The quantitative estimate of drug-likeness (QED) is 0.370. The van der Waals surface area contributed by atoms with E-state index in [-0.39, 0.29) is 6.54 Å². The summed E-state index contributed by atoms with van der Waals surface area (Å²) in [5.74, 6) is 0.278. The molecule has 41 heavy (non-hydrogen) atoms. The number of hydrogen-bond acceptors (Lipinski definition) is 8. The van der Waals surface area contributed by atoms with Crippen molar-refractivity contribution in [2.75, 3.05) is 25.0 Å². The third-order valence-corrected chi connectivity index (χ3v) is 9.67. The monoisotopic (exact) mass is 614 g/mol. The van der Waals surface area contributed by atoms with Gasteiger partial charge >= 0.3 is 6.36 Å². The highest BCUT2D eigenvalue weighted by atomic mass is 32.2. The lowest BCUT2D eigenvalue weighted by Crippen LogP contribution is -2.66. The first-order valence-electron chi connectivity index (χ1n) is 12.2. The lowest BCUT2D eigenvalue weighted by molar-refractivity contribution is -0.274. The molecule has 0 aliphatic carbocycles. The maximum Gasteiger partial charge on any atom is 0.573 e. The number of sulfonamides is 1. The highest BCUT2D eigenvalue weighted by Gasteiger charge is 2.46. The number of fused-ring (bicyclic) bond motifs is 2. The zero-order valence-corrected chi connectivity index (χ0v) is 22.9. The number of nitrogens with zero attached hydrogens (tertiary/aromatic N) is 2. The van der Waals surface area contributed by atoms with Gasteiger partial charge in [0.05, 0.1) is 34.5 Å². The average Bonchev–Trinajstić information content (AvgIpc) is 2.92. The maximum atomic E-state index is 13.2. The number of nitrogens with one attached hydrogen (secondary N) is 2. The van der Waals surface area contributed by atoms with E-state index in [1.54, 1.807) is 53.4 Å². The fraction of sp³-hybridized carbons (Fsp3) is 0.280. The number of ether oxygens (including phenoxy) is 2. The van der Waals surface area contributed by atoms with Gasteiger partial charge in [0.1, 0.15) is 5.75 Å². The molecule has 2 aliphatic heterocycles. The van der Waals surface area contributed by atoms with E-state index in [4.69, 9.17) is 4.74 Å². The van der Waals surface area contributed by atoms with Crippen LogP contribution in [0.4, 0.5) is 24.5 Å². The zero-order chi connectivity index (χ0) is 29.6. The minimum Gasteiger partial charge on any atom is -0.453 e. The van der Waals surface area contributed by atoms with Crippen LogP contribution in [0.5, 0.6) is 17.2 Å². The second-order valence-corrected chi connectivity index (χ2v) is 12.8. The molecular weight excluding hydrogens is 589 g/mol. The molecule has 1 saturated heterocycles. The van der Waals surface area contributed by atoms with Crippen LogP contribution in [0, 0.1) is 0 Å². The van der Waals surface area contributed by atoms with Gasteiger partial charge in [-0.25, -0.2) is 17.9 Å². The van der Waals surface area contributed by atoms with E-state index in [9.17, 15) is 35.1 Å². The molecule has 0 saturated carbocycles. The topological polar surface area (TPSA) is 138 Å². The van der Waals surface area contributed by atoms with Gasteiger partial charge in [0.15, 0.2) is 11.5 Å². The first kappa shape index (κ1) is 29.1. The van der Waals surface area contributed by atoms with Crippen molar-refractivity contribution in [2.45, 2.75) is 29.4 Å². The molecule has 5 rings (SSSR count). The summed E-state index contributed by atoms with van der Waals surface area (Å²) in [6.45, 7) is -0.641. The molecule has 2 aliphatic rings. The number of alkyl halides is 3. The molecule has 0 aromatic heterocycles. The number of halogens is 3. The van der Waals surface area contributed by atoms with E-state index < -0.39 is 62.0 Å². The van der Waals surface area contributed by atoms with E-state index >= 15 is 0 Å². The van der Waals surface area contributed by atoms with Crippen molar-refractivity contribution in [3.8, 4) is 17.2 Å². The fourth-order valence-electron chi connectivity index (χ4n) is 4.83. The minimum atomic E-state index is -4.96. The molecule has 0 bridgehead atoms. The Labute approximate surface area is 234 Å². The van der Waals surface area contributed by atoms with Gasteiger partial charge < -0.3 is 19.5 Å². The Morgan fingerprint density at radius 3 is 2.00 bits per heavy atom. The van der Waals surface area contributed by atoms with Gasteiger partial charge in [0.25, 0.3) is 10.2 Å². The Balaban J connectivity index is 1.51. The molecule has 3 atom stereocenters. The summed E-state index contributed by atoms with van der Waals surface area (Å²) in [6, 6.07) is 15.0. The second kappa shape index (κ2) is 10.8. The van der Waals surface area contributed by atoms with Gasteiger partial charge in [-0.1, -0.05) is 24.3 Å². The number of hydrogen-bond donors (Lipinski definition) is 3. The van der Waals surface area contributed by atoms with Crippen LogP contribution in [-0.4, -0.2) is 70.9 Å². The van der Waals surface area contributed by atoms with E-state index in [1.807, 2.05) is 0 Å². The summed E-state index contributed by atoms with van der Waals surface area (Å²) in [7, 11) is -7.32. The van der Waals surface area contributed by atoms with Crippen molar-refractivity contribution in [3.05, 3.63) is 72.8 Å². The lowest BCUT2D eigenvalue weighted by Gasteiger charge is -2.47. The molecule has 3 aromatic carbocycles. The number of para-hydroxylation sites is 4. The van der Waals surface area contributed by atoms with E-state index in [2.05, 4.69) is 14.2 Å². The van der Waals surface area contributed by atoms with Gasteiger partial charge in [0, 0.05) is 20.1 Å². The molecule has 11 nitrogen and oxygen atoms in total. The van der Waals surface area contributed by atoms with E-state index in [0.717, 1.165) is 28.6 Å². The summed E-state index contributed by atoms with van der Waals surface area (Å²) < 4.78 is 105. The molecule has 2 heterocycles. The van der Waals surface area contributed by atoms with Crippen LogP contribution < -0.4 is 23.8 Å². The van der Waals surface area contributed by atoms with Crippen LogP contribution in [0.2, 0.25) is 0 Å². The summed E-state index contributed by atoms with van der Waals surface area (Å²) >= 11 is 0. The highest BCUT2D eigenvalue weighted by Crippen LogP contribution is 2.48. The van der Waals surface area contributed by atoms with Crippen LogP contribution in [0.1, 0.15) is 0 Å². The summed E-state index contributed by atoms with van der Waals surface area (Å²) in [5.41, 5.74) is 1.06. The molecule has 3 N–H and O–H groups in total. The first-order valence-corrected chi connectivity index (χ1v) is 15.1. The molecule has 3 aromatic rings. The molecule has 0 amide bonds. The lowest BCUT2D eigenvalue weighted by atomic mass is 9.96. The SMILES string of the molecule is CNS(=O)(=O)N1C[C@@H](NS(=O)(=O)c2ccc(OC(F)(F)F)cc2)[C@H](O)[C@@H](N2c3ccccc3Oc3ccccc32)C1. The summed E-state index contributed by atoms with van der Waals surface area (Å²) in [5, 5.41) is 11.6. The number of aliphatic hydroxyl groups excluding tert-OH is 1. The van der Waals surface area contributed by atoms with Crippen LogP contribution in [0.25, 0.3) is 0 Å².